The molecule has 0 radical (unpaired) electrons. The number of amides is 1. The van der Waals surface area contributed by atoms with E-state index in [1.165, 1.54) is 30.6 Å². The molecule has 2 heterocycles. The van der Waals surface area contributed by atoms with E-state index in [-0.39, 0.29) is 36.8 Å². The Morgan fingerprint density at radius 3 is 2.56 bits per heavy atom. The van der Waals surface area contributed by atoms with Crippen molar-refractivity contribution in [1.29, 1.82) is 0 Å². The predicted octanol–water partition coefficient (Wildman–Crippen LogP) is 3.99. The fourth-order valence-corrected chi connectivity index (χ4v) is 5.39. The van der Waals surface area contributed by atoms with Crippen LogP contribution in [0.25, 0.3) is 10.7 Å². The molecule has 2 aromatic rings. The largest absolute Gasteiger partial charge is 0.348 e. The SMILES string of the molecule is Cc1nc(-c2ccccn2)sc1C(=O)NC1C2CCCC1CC(N)C2.Cl.Cl. The normalized spacial score (nSPS) is 26.4. The van der Waals surface area contributed by atoms with Gasteiger partial charge in [-0.05, 0) is 56.6 Å². The van der Waals surface area contributed by atoms with Crippen molar-refractivity contribution in [1.82, 2.24) is 15.3 Å². The number of halogens is 2. The number of hydrogen-bond acceptors (Lipinski definition) is 5. The van der Waals surface area contributed by atoms with Gasteiger partial charge in [0.2, 0.25) is 0 Å². The maximum absolute atomic E-state index is 12.9. The molecule has 2 fully saturated rings. The zero-order valence-electron chi connectivity index (χ0n) is 15.3. The zero-order chi connectivity index (χ0) is 17.4. The number of carbonyl (C=O) groups excluding carboxylic acids is 1. The highest BCUT2D eigenvalue weighted by molar-refractivity contribution is 7.17. The third-order valence-corrected chi connectivity index (χ3v) is 6.74. The van der Waals surface area contributed by atoms with Crippen LogP contribution in [0.1, 0.15) is 47.5 Å². The van der Waals surface area contributed by atoms with Gasteiger partial charge in [-0.2, -0.15) is 0 Å². The van der Waals surface area contributed by atoms with Gasteiger partial charge in [-0.25, -0.2) is 4.98 Å². The summed E-state index contributed by atoms with van der Waals surface area (Å²) in [5, 5.41) is 4.12. The Hall–Kier alpha value is -1.21. The average Bonchev–Trinajstić information content (AvgIpc) is 2.98. The fraction of sp³-hybridized carbons (Fsp3) is 0.526. The molecule has 0 spiro atoms. The van der Waals surface area contributed by atoms with E-state index in [2.05, 4.69) is 15.3 Å². The van der Waals surface area contributed by atoms with E-state index >= 15 is 0 Å². The number of aromatic nitrogens is 2. The van der Waals surface area contributed by atoms with Crippen molar-refractivity contribution >= 4 is 42.1 Å². The third kappa shape index (κ3) is 4.62. The number of aryl methyl sites for hydroxylation is 1. The van der Waals surface area contributed by atoms with Gasteiger partial charge in [0.1, 0.15) is 9.88 Å². The standard InChI is InChI=1S/C19H24N4OS.2ClH/c1-11-17(25-19(22-11)15-7-2-3-8-21-15)18(24)23-16-12-5-4-6-13(16)10-14(20)9-12;;/h2-3,7-8,12-14,16H,4-6,9-10,20H2,1H3,(H,23,24);2*1H. The van der Waals surface area contributed by atoms with E-state index in [0.29, 0.717) is 22.8 Å². The number of carbonyl (C=O) groups is 1. The molecule has 2 bridgehead atoms. The smallest absolute Gasteiger partial charge is 0.263 e. The Labute approximate surface area is 176 Å². The van der Waals surface area contributed by atoms with Crippen molar-refractivity contribution in [3.63, 3.8) is 0 Å². The molecule has 0 saturated heterocycles. The lowest BCUT2D eigenvalue weighted by atomic mass is 9.67. The molecule has 0 aromatic carbocycles. The minimum atomic E-state index is 0. The maximum Gasteiger partial charge on any atom is 0.263 e. The summed E-state index contributed by atoms with van der Waals surface area (Å²) in [5.41, 5.74) is 7.79. The molecule has 2 atom stereocenters. The monoisotopic (exact) mass is 428 g/mol. The molecule has 2 aromatic heterocycles. The Balaban J connectivity index is 0.00000131. The van der Waals surface area contributed by atoms with Crippen LogP contribution in [-0.4, -0.2) is 28.0 Å². The fourth-order valence-electron chi connectivity index (χ4n) is 4.45. The van der Waals surface area contributed by atoms with Crippen LogP contribution in [0.4, 0.5) is 0 Å². The summed E-state index contributed by atoms with van der Waals surface area (Å²) in [6.07, 6.45) is 7.42. The number of nitrogens with one attached hydrogen (secondary N) is 1. The number of hydrogen-bond donors (Lipinski definition) is 2. The molecule has 148 valence electrons. The number of pyridine rings is 1. The Bertz CT molecular complexity index is 756. The summed E-state index contributed by atoms with van der Waals surface area (Å²) in [6, 6.07) is 6.30. The second-order valence-corrected chi connectivity index (χ2v) is 8.33. The van der Waals surface area contributed by atoms with Crippen LogP contribution in [0.2, 0.25) is 0 Å². The minimum absolute atomic E-state index is 0. The molecule has 2 aliphatic carbocycles. The highest BCUT2D eigenvalue weighted by Crippen LogP contribution is 2.40. The van der Waals surface area contributed by atoms with Crippen LogP contribution in [-0.2, 0) is 0 Å². The van der Waals surface area contributed by atoms with E-state index in [4.69, 9.17) is 5.73 Å². The second kappa shape index (κ2) is 9.32. The molecule has 8 heteroatoms. The first-order valence-electron chi connectivity index (χ1n) is 9.07. The lowest BCUT2D eigenvalue weighted by Gasteiger charge is -2.45. The molecule has 2 unspecified atom stereocenters. The highest BCUT2D eigenvalue weighted by Gasteiger charge is 2.40. The number of thiazole rings is 1. The Morgan fingerprint density at radius 2 is 1.93 bits per heavy atom. The second-order valence-electron chi connectivity index (χ2n) is 7.33. The van der Waals surface area contributed by atoms with Gasteiger partial charge in [0, 0.05) is 18.3 Å². The molecule has 1 amide bonds. The summed E-state index contributed by atoms with van der Waals surface area (Å²) >= 11 is 1.43. The van der Waals surface area contributed by atoms with Gasteiger partial charge in [-0.3, -0.25) is 9.78 Å². The van der Waals surface area contributed by atoms with Crippen LogP contribution < -0.4 is 11.1 Å². The first-order chi connectivity index (χ1) is 12.1. The predicted molar refractivity (Wildman–Crippen MR) is 114 cm³/mol. The summed E-state index contributed by atoms with van der Waals surface area (Å²) in [4.78, 5) is 22.5. The number of rotatable bonds is 3. The topological polar surface area (TPSA) is 80.9 Å². The van der Waals surface area contributed by atoms with Crippen LogP contribution in [0, 0.1) is 18.8 Å². The Morgan fingerprint density at radius 1 is 1.22 bits per heavy atom. The van der Waals surface area contributed by atoms with Crippen molar-refractivity contribution in [2.45, 2.75) is 51.1 Å². The maximum atomic E-state index is 12.9. The van der Waals surface area contributed by atoms with Crippen LogP contribution in [0.5, 0.6) is 0 Å². The summed E-state index contributed by atoms with van der Waals surface area (Å²) < 4.78 is 0. The molecule has 5 nitrogen and oxygen atoms in total. The van der Waals surface area contributed by atoms with Crippen molar-refractivity contribution in [2.75, 3.05) is 0 Å². The van der Waals surface area contributed by atoms with Gasteiger partial charge < -0.3 is 11.1 Å². The molecule has 27 heavy (non-hydrogen) atoms. The van der Waals surface area contributed by atoms with Crippen molar-refractivity contribution < 1.29 is 4.79 Å². The third-order valence-electron chi connectivity index (χ3n) is 5.56. The van der Waals surface area contributed by atoms with Gasteiger partial charge in [0.05, 0.1) is 11.4 Å². The van der Waals surface area contributed by atoms with Crippen molar-refractivity contribution in [3.05, 3.63) is 35.0 Å². The van der Waals surface area contributed by atoms with Gasteiger partial charge in [0.25, 0.3) is 5.91 Å². The minimum Gasteiger partial charge on any atom is -0.348 e. The van der Waals surface area contributed by atoms with Gasteiger partial charge in [-0.15, -0.1) is 36.2 Å². The van der Waals surface area contributed by atoms with E-state index in [0.717, 1.165) is 29.2 Å². The lowest BCUT2D eigenvalue weighted by molar-refractivity contribution is 0.0759. The lowest BCUT2D eigenvalue weighted by Crippen LogP contribution is -2.53. The molecular formula is C19H26Cl2N4OS. The first-order valence-corrected chi connectivity index (χ1v) is 9.88. The van der Waals surface area contributed by atoms with Crippen LogP contribution in [0.3, 0.4) is 0 Å². The molecule has 3 N–H and O–H groups in total. The number of nitrogens with two attached hydrogens (primary N) is 1. The van der Waals surface area contributed by atoms with E-state index in [1.807, 2.05) is 25.1 Å². The molecule has 0 aliphatic heterocycles. The molecular weight excluding hydrogens is 403 g/mol. The highest BCUT2D eigenvalue weighted by atomic mass is 35.5. The van der Waals surface area contributed by atoms with Gasteiger partial charge in [0.15, 0.2) is 0 Å². The van der Waals surface area contributed by atoms with Crippen molar-refractivity contribution in [3.8, 4) is 10.7 Å². The summed E-state index contributed by atoms with van der Waals surface area (Å²) in [5.74, 6) is 1.06. The molecule has 2 aliphatic rings. The quantitative estimate of drug-likeness (QED) is 0.773. The molecule has 2 saturated carbocycles. The summed E-state index contributed by atoms with van der Waals surface area (Å²) in [7, 11) is 0. The van der Waals surface area contributed by atoms with E-state index in [9.17, 15) is 4.79 Å². The first kappa shape index (κ1) is 22.1. The van der Waals surface area contributed by atoms with Crippen LogP contribution >= 0.6 is 36.2 Å². The zero-order valence-corrected chi connectivity index (χ0v) is 17.7. The van der Waals surface area contributed by atoms with Crippen molar-refractivity contribution in [2.24, 2.45) is 17.6 Å². The summed E-state index contributed by atoms with van der Waals surface area (Å²) in [6.45, 7) is 1.90. The van der Waals surface area contributed by atoms with Gasteiger partial charge in [-0.1, -0.05) is 12.5 Å². The van der Waals surface area contributed by atoms with E-state index in [1.54, 1.807) is 6.20 Å². The van der Waals surface area contributed by atoms with Gasteiger partial charge >= 0.3 is 0 Å². The van der Waals surface area contributed by atoms with Crippen LogP contribution in [0.15, 0.2) is 24.4 Å². The average molecular weight is 429 g/mol. The van der Waals surface area contributed by atoms with E-state index < -0.39 is 0 Å². The number of fused-ring (bicyclic) bond motifs is 2. The molecule has 4 rings (SSSR count). The number of nitrogens with zero attached hydrogens (tertiary/aromatic N) is 2. The Kier molecular flexibility index (Phi) is 7.63.